The molecule has 0 amide bonds. The monoisotopic (exact) mass is 282 g/mol. The molecule has 0 heterocycles. The molecule has 0 aliphatic carbocycles. The third-order valence-corrected chi connectivity index (χ3v) is 3.23. The lowest BCUT2D eigenvalue weighted by molar-refractivity contribution is 0.373. The van der Waals surface area contributed by atoms with E-state index in [0.29, 0.717) is 5.75 Å². The lowest BCUT2D eigenvalue weighted by Gasteiger charge is -2.10. The number of hydrogen-bond donors (Lipinski definition) is 2. The number of phenolic OH excluding ortho intramolecular Hbond substituents is 2. The molecule has 0 aliphatic rings. The van der Waals surface area contributed by atoms with Gasteiger partial charge in [-0.05, 0) is 35.4 Å². The smallest absolute Gasteiger partial charge is 0.160 e. The Hall–Kier alpha value is -2.68. The summed E-state index contributed by atoms with van der Waals surface area (Å²) in [6.45, 7) is 3.83. The van der Waals surface area contributed by atoms with Crippen molar-refractivity contribution in [1.82, 2.24) is 0 Å². The lowest BCUT2D eigenvalue weighted by atomic mass is 9.97. The number of benzene rings is 2. The quantitative estimate of drug-likeness (QED) is 0.812. The molecule has 0 aromatic heterocycles. The Bertz CT molecular complexity index is 642. The van der Waals surface area contributed by atoms with Crippen LogP contribution in [0.5, 0.6) is 17.2 Å². The van der Waals surface area contributed by atoms with Gasteiger partial charge in [-0.3, -0.25) is 0 Å². The summed E-state index contributed by atoms with van der Waals surface area (Å²) in [5.74, 6) is 0.784. The molecule has 2 aromatic rings. The largest absolute Gasteiger partial charge is 0.508 e. The van der Waals surface area contributed by atoms with E-state index in [9.17, 15) is 10.2 Å². The van der Waals surface area contributed by atoms with E-state index >= 15 is 0 Å². The van der Waals surface area contributed by atoms with Crippen molar-refractivity contribution in [1.29, 1.82) is 0 Å². The lowest BCUT2D eigenvalue weighted by Crippen LogP contribution is -1.92. The first-order valence-corrected chi connectivity index (χ1v) is 6.60. The van der Waals surface area contributed by atoms with Crippen LogP contribution >= 0.6 is 0 Å². The minimum atomic E-state index is -0.0180. The van der Waals surface area contributed by atoms with Crippen LogP contribution in [0, 0.1) is 0 Å². The van der Waals surface area contributed by atoms with E-state index in [1.807, 2.05) is 30.4 Å². The summed E-state index contributed by atoms with van der Waals surface area (Å²) in [6, 6.07) is 12.2. The standard InChI is InChI=1S/C18H18O3/c1-3-14(7-4-13-5-9-16(19)10-6-13)15-8-11-18(21-2)17(20)12-15/h3-12,14,19-20H,1H2,2H3/b7-4-/t14-/m0/s1. The highest BCUT2D eigenvalue weighted by molar-refractivity contribution is 5.53. The van der Waals surface area contributed by atoms with Crippen LogP contribution in [0.2, 0.25) is 0 Å². The Kier molecular flexibility index (Phi) is 4.67. The number of phenols is 2. The van der Waals surface area contributed by atoms with Gasteiger partial charge >= 0.3 is 0 Å². The number of aromatic hydroxyl groups is 2. The molecular weight excluding hydrogens is 264 g/mol. The number of methoxy groups -OCH3 is 1. The van der Waals surface area contributed by atoms with Crippen LogP contribution in [0.1, 0.15) is 17.0 Å². The molecule has 21 heavy (non-hydrogen) atoms. The maximum absolute atomic E-state index is 9.84. The first-order valence-electron chi connectivity index (χ1n) is 6.60. The number of rotatable bonds is 5. The first-order chi connectivity index (χ1) is 10.1. The van der Waals surface area contributed by atoms with E-state index in [1.165, 1.54) is 7.11 Å². The van der Waals surface area contributed by atoms with E-state index in [0.717, 1.165) is 11.1 Å². The third-order valence-electron chi connectivity index (χ3n) is 3.23. The highest BCUT2D eigenvalue weighted by Gasteiger charge is 2.08. The molecule has 0 aliphatic heterocycles. The molecule has 1 atom stereocenters. The molecule has 0 unspecified atom stereocenters. The Balaban J connectivity index is 2.21. The second-order valence-electron chi connectivity index (χ2n) is 4.64. The van der Waals surface area contributed by atoms with E-state index in [-0.39, 0.29) is 17.4 Å². The van der Waals surface area contributed by atoms with Crippen molar-refractivity contribution in [3.05, 3.63) is 72.3 Å². The maximum Gasteiger partial charge on any atom is 0.160 e. The Morgan fingerprint density at radius 2 is 1.81 bits per heavy atom. The highest BCUT2D eigenvalue weighted by Crippen LogP contribution is 2.30. The van der Waals surface area contributed by atoms with Crippen molar-refractivity contribution in [3.63, 3.8) is 0 Å². The van der Waals surface area contributed by atoms with Crippen molar-refractivity contribution < 1.29 is 14.9 Å². The zero-order valence-electron chi connectivity index (χ0n) is 11.9. The summed E-state index contributed by atoms with van der Waals surface area (Å²) in [5, 5.41) is 19.1. The third kappa shape index (κ3) is 3.66. The van der Waals surface area contributed by atoms with Crippen molar-refractivity contribution in [2.75, 3.05) is 7.11 Å². The zero-order chi connectivity index (χ0) is 15.2. The van der Waals surface area contributed by atoms with Crippen molar-refractivity contribution >= 4 is 6.08 Å². The number of allylic oxidation sites excluding steroid dienone is 2. The van der Waals surface area contributed by atoms with Gasteiger partial charge in [-0.25, -0.2) is 0 Å². The minimum Gasteiger partial charge on any atom is -0.508 e. The van der Waals surface area contributed by atoms with Gasteiger partial charge < -0.3 is 14.9 Å². The molecule has 0 bridgehead atoms. The fourth-order valence-electron chi connectivity index (χ4n) is 2.04. The van der Waals surface area contributed by atoms with Crippen LogP contribution in [0.3, 0.4) is 0 Å². The van der Waals surface area contributed by atoms with E-state index in [1.54, 1.807) is 30.3 Å². The minimum absolute atomic E-state index is 0.0180. The van der Waals surface area contributed by atoms with Crippen LogP contribution in [0.15, 0.2) is 61.2 Å². The molecule has 3 heteroatoms. The van der Waals surface area contributed by atoms with Gasteiger partial charge in [0.05, 0.1) is 7.11 Å². The summed E-state index contributed by atoms with van der Waals surface area (Å²) in [6.07, 6.45) is 5.74. The van der Waals surface area contributed by atoms with Gasteiger partial charge in [0, 0.05) is 5.92 Å². The van der Waals surface area contributed by atoms with Gasteiger partial charge in [-0.1, -0.05) is 36.4 Å². The van der Waals surface area contributed by atoms with Crippen LogP contribution in [0.4, 0.5) is 0 Å². The van der Waals surface area contributed by atoms with Gasteiger partial charge in [0.15, 0.2) is 11.5 Å². The van der Waals surface area contributed by atoms with E-state index < -0.39 is 0 Å². The highest BCUT2D eigenvalue weighted by atomic mass is 16.5. The normalized spacial score (nSPS) is 12.2. The summed E-state index contributed by atoms with van der Waals surface area (Å²) in [7, 11) is 1.52. The molecule has 0 saturated heterocycles. The van der Waals surface area contributed by atoms with Crippen molar-refractivity contribution in [2.45, 2.75) is 5.92 Å². The van der Waals surface area contributed by atoms with Gasteiger partial charge in [0.1, 0.15) is 5.75 Å². The van der Waals surface area contributed by atoms with E-state index in [2.05, 4.69) is 6.58 Å². The summed E-state index contributed by atoms with van der Waals surface area (Å²) in [4.78, 5) is 0. The second-order valence-corrected chi connectivity index (χ2v) is 4.64. The van der Waals surface area contributed by atoms with Gasteiger partial charge in [0.25, 0.3) is 0 Å². The Labute approximate surface area is 124 Å². The molecule has 3 nitrogen and oxygen atoms in total. The number of ether oxygens (including phenoxy) is 1. The molecule has 108 valence electrons. The molecule has 0 saturated carbocycles. The second kappa shape index (κ2) is 6.66. The predicted molar refractivity (Wildman–Crippen MR) is 84.7 cm³/mol. The average Bonchev–Trinajstić information content (AvgIpc) is 2.50. The summed E-state index contributed by atoms with van der Waals surface area (Å²) < 4.78 is 5.04. The molecule has 0 spiro atoms. The van der Waals surface area contributed by atoms with Gasteiger partial charge in [-0.2, -0.15) is 0 Å². The summed E-state index contributed by atoms with van der Waals surface area (Å²) in [5.41, 5.74) is 1.91. The van der Waals surface area contributed by atoms with Crippen LogP contribution in [0.25, 0.3) is 6.08 Å². The van der Waals surface area contributed by atoms with Crippen LogP contribution in [-0.4, -0.2) is 17.3 Å². The van der Waals surface area contributed by atoms with Crippen LogP contribution in [-0.2, 0) is 0 Å². The molecule has 0 radical (unpaired) electrons. The maximum atomic E-state index is 9.84. The van der Waals surface area contributed by atoms with Crippen LogP contribution < -0.4 is 4.74 Å². The molecular formula is C18H18O3. The first kappa shape index (κ1) is 14.7. The molecule has 2 aromatic carbocycles. The average molecular weight is 282 g/mol. The Morgan fingerprint density at radius 3 is 2.38 bits per heavy atom. The molecule has 2 rings (SSSR count). The molecule has 2 N–H and O–H groups in total. The van der Waals surface area contributed by atoms with Gasteiger partial charge in [0.2, 0.25) is 0 Å². The predicted octanol–water partition coefficient (Wildman–Crippen LogP) is 4.09. The fourth-order valence-corrected chi connectivity index (χ4v) is 2.04. The Morgan fingerprint density at radius 1 is 1.10 bits per heavy atom. The van der Waals surface area contributed by atoms with Crippen molar-refractivity contribution in [2.24, 2.45) is 0 Å². The topological polar surface area (TPSA) is 49.7 Å². The zero-order valence-corrected chi connectivity index (χ0v) is 11.9. The number of hydrogen-bond acceptors (Lipinski definition) is 3. The fraction of sp³-hybridized carbons (Fsp3) is 0.111. The van der Waals surface area contributed by atoms with E-state index in [4.69, 9.17) is 4.74 Å². The van der Waals surface area contributed by atoms with Gasteiger partial charge in [-0.15, -0.1) is 6.58 Å². The van der Waals surface area contributed by atoms with Crippen molar-refractivity contribution in [3.8, 4) is 17.2 Å². The SMILES string of the molecule is C=C[C@@H](/C=C\c1ccc(O)cc1)c1ccc(OC)c(O)c1. The molecule has 0 fully saturated rings. The summed E-state index contributed by atoms with van der Waals surface area (Å²) >= 11 is 0.